The largest absolute Gasteiger partial charge is 0.460 e. The van der Waals surface area contributed by atoms with E-state index in [4.69, 9.17) is 10.5 Å². The number of rotatable bonds is 4. The Kier molecular flexibility index (Phi) is 5.16. The van der Waals surface area contributed by atoms with Gasteiger partial charge in [-0.3, -0.25) is 4.79 Å². The van der Waals surface area contributed by atoms with Gasteiger partial charge in [-0.2, -0.15) is 0 Å². The number of carbonyl (C=O) groups is 1. The van der Waals surface area contributed by atoms with E-state index in [1.807, 2.05) is 0 Å². The number of benzene rings is 1. The van der Waals surface area contributed by atoms with Crippen LogP contribution in [-0.2, 0) is 16.0 Å². The third-order valence-electron chi connectivity index (χ3n) is 2.42. The van der Waals surface area contributed by atoms with E-state index in [0.29, 0.717) is 6.07 Å². The predicted molar refractivity (Wildman–Crippen MR) is 68.5 cm³/mol. The standard InChI is InChI=1S/C14H18F3NO2/c1-14(2,3)20-13(19)6-9(18)4-8-5-11(16)12(17)7-10(8)15/h5,7,9H,4,6,18H2,1-3H3/t9-/m0/s1. The summed E-state index contributed by atoms with van der Waals surface area (Å²) in [7, 11) is 0. The van der Waals surface area contributed by atoms with Gasteiger partial charge in [-0.1, -0.05) is 0 Å². The van der Waals surface area contributed by atoms with Crippen LogP contribution in [0.2, 0.25) is 0 Å². The number of ether oxygens (including phenoxy) is 1. The molecule has 0 radical (unpaired) electrons. The SMILES string of the molecule is CC(C)(C)OC(=O)C[C@@H](N)Cc1cc(F)c(F)cc1F. The van der Waals surface area contributed by atoms with Crippen molar-refractivity contribution >= 4 is 5.97 Å². The van der Waals surface area contributed by atoms with Crippen LogP contribution >= 0.6 is 0 Å². The van der Waals surface area contributed by atoms with Crippen molar-refractivity contribution in [3.05, 3.63) is 35.1 Å². The molecule has 0 saturated heterocycles. The van der Waals surface area contributed by atoms with E-state index in [1.165, 1.54) is 0 Å². The summed E-state index contributed by atoms with van der Waals surface area (Å²) < 4.78 is 44.3. The first kappa shape index (κ1) is 16.5. The van der Waals surface area contributed by atoms with Gasteiger partial charge in [0.1, 0.15) is 11.4 Å². The molecule has 1 rings (SSSR count). The molecule has 0 aliphatic carbocycles. The molecule has 0 unspecified atom stereocenters. The summed E-state index contributed by atoms with van der Waals surface area (Å²) in [5, 5.41) is 0. The molecular weight excluding hydrogens is 271 g/mol. The zero-order chi connectivity index (χ0) is 15.5. The van der Waals surface area contributed by atoms with Crippen LogP contribution in [0.5, 0.6) is 0 Å². The van der Waals surface area contributed by atoms with Crippen molar-refractivity contribution in [3.63, 3.8) is 0 Å². The molecule has 0 aromatic heterocycles. The summed E-state index contributed by atoms with van der Waals surface area (Å²) in [4.78, 5) is 11.5. The Morgan fingerprint density at radius 2 is 1.75 bits per heavy atom. The molecular formula is C14H18F3NO2. The van der Waals surface area contributed by atoms with Crippen LogP contribution in [0.25, 0.3) is 0 Å². The fraction of sp³-hybridized carbons (Fsp3) is 0.500. The maximum absolute atomic E-state index is 13.4. The minimum absolute atomic E-state index is 0.0695. The molecule has 112 valence electrons. The monoisotopic (exact) mass is 289 g/mol. The fourth-order valence-corrected chi connectivity index (χ4v) is 1.67. The molecule has 1 atom stereocenters. The lowest BCUT2D eigenvalue weighted by Crippen LogP contribution is -2.31. The molecule has 20 heavy (non-hydrogen) atoms. The van der Waals surface area contributed by atoms with Crippen LogP contribution in [0.4, 0.5) is 13.2 Å². The van der Waals surface area contributed by atoms with Crippen LogP contribution in [0.15, 0.2) is 12.1 Å². The van der Waals surface area contributed by atoms with Crippen molar-refractivity contribution in [2.45, 2.75) is 45.3 Å². The molecule has 0 fully saturated rings. The molecule has 2 N–H and O–H groups in total. The number of esters is 1. The first-order valence-corrected chi connectivity index (χ1v) is 6.19. The van der Waals surface area contributed by atoms with Crippen molar-refractivity contribution in [2.24, 2.45) is 5.73 Å². The Morgan fingerprint density at radius 3 is 2.30 bits per heavy atom. The molecule has 0 aliphatic heterocycles. The number of halogens is 3. The van der Waals surface area contributed by atoms with Crippen LogP contribution in [0, 0.1) is 17.5 Å². The highest BCUT2D eigenvalue weighted by molar-refractivity contribution is 5.70. The quantitative estimate of drug-likeness (QED) is 0.685. The number of hydrogen-bond donors (Lipinski definition) is 1. The van der Waals surface area contributed by atoms with E-state index in [-0.39, 0.29) is 18.4 Å². The van der Waals surface area contributed by atoms with Gasteiger partial charge < -0.3 is 10.5 Å². The van der Waals surface area contributed by atoms with E-state index >= 15 is 0 Å². The maximum Gasteiger partial charge on any atom is 0.307 e. The van der Waals surface area contributed by atoms with Gasteiger partial charge in [-0.15, -0.1) is 0 Å². The predicted octanol–water partition coefficient (Wildman–Crippen LogP) is 2.71. The van der Waals surface area contributed by atoms with Crippen molar-refractivity contribution in [3.8, 4) is 0 Å². The molecule has 1 aromatic carbocycles. The third kappa shape index (κ3) is 5.21. The summed E-state index contributed by atoms with van der Waals surface area (Å²) in [6.07, 6.45) is -0.210. The highest BCUT2D eigenvalue weighted by Crippen LogP contribution is 2.16. The average Bonchev–Trinajstić information content (AvgIpc) is 2.22. The van der Waals surface area contributed by atoms with Gasteiger partial charge in [0.15, 0.2) is 11.6 Å². The smallest absolute Gasteiger partial charge is 0.307 e. The Hall–Kier alpha value is -1.56. The lowest BCUT2D eigenvalue weighted by atomic mass is 10.0. The Labute approximate surface area is 115 Å². The third-order valence-corrected chi connectivity index (χ3v) is 2.42. The Balaban J connectivity index is 2.65. The van der Waals surface area contributed by atoms with Crippen molar-refractivity contribution in [1.82, 2.24) is 0 Å². The van der Waals surface area contributed by atoms with E-state index < -0.39 is 35.1 Å². The number of carbonyl (C=O) groups excluding carboxylic acids is 1. The fourth-order valence-electron chi connectivity index (χ4n) is 1.67. The summed E-state index contributed by atoms with van der Waals surface area (Å²) in [6.45, 7) is 5.14. The highest BCUT2D eigenvalue weighted by Gasteiger charge is 2.20. The molecule has 0 heterocycles. The zero-order valence-corrected chi connectivity index (χ0v) is 11.7. The van der Waals surface area contributed by atoms with Gasteiger partial charge in [0.05, 0.1) is 6.42 Å². The summed E-state index contributed by atoms with van der Waals surface area (Å²) in [5.74, 6) is -3.81. The summed E-state index contributed by atoms with van der Waals surface area (Å²) in [5.41, 5.74) is 4.99. The van der Waals surface area contributed by atoms with Crippen molar-refractivity contribution in [2.75, 3.05) is 0 Å². The molecule has 0 spiro atoms. The Bertz CT molecular complexity index is 498. The number of nitrogens with two attached hydrogens (primary N) is 1. The second kappa shape index (κ2) is 6.26. The number of hydrogen-bond acceptors (Lipinski definition) is 3. The Morgan fingerprint density at radius 1 is 1.20 bits per heavy atom. The first-order chi connectivity index (χ1) is 9.08. The average molecular weight is 289 g/mol. The maximum atomic E-state index is 13.4. The molecule has 3 nitrogen and oxygen atoms in total. The van der Waals surface area contributed by atoms with Crippen LogP contribution in [0.3, 0.4) is 0 Å². The van der Waals surface area contributed by atoms with Crippen LogP contribution < -0.4 is 5.73 Å². The van der Waals surface area contributed by atoms with E-state index in [9.17, 15) is 18.0 Å². The minimum atomic E-state index is -1.26. The van der Waals surface area contributed by atoms with Gasteiger partial charge in [-0.05, 0) is 38.8 Å². The van der Waals surface area contributed by atoms with E-state index in [0.717, 1.165) is 6.07 Å². The summed E-state index contributed by atoms with van der Waals surface area (Å²) >= 11 is 0. The topological polar surface area (TPSA) is 52.3 Å². The molecule has 6 heteroatoms. The van der Waals surface area contributed by atoms with Gasteiger partial charge in [0, 0.05) is 12.1 Å². The normalized spacial score (nSPS) is 13.2. The van der Waals surface area contributed by atoms with Crippen molar-refractivity contribution < 1.29 is 22.7 Å². The zero-order valence-electron chi connectivity index (χ0n) is 11.7. The van der Waals surface area contributed by atoms with Gasteiger partial charge in [-0.25, -0.2) is 13.2 Å². The van der Waals surface area contributed by atoms with Gasteiger partial charge in [0.2, 0.25) is 0 Å². The molecule has 0 aliphatic rings. The van der Waals surface area contributed by atoms with Crippen LogP contribution in [0.1, 0.15) is 32.8 Å². The van der Waals surface area contributed by atoms with Crippen molar-refractivity contribution in [1.29, 1.82) is 0 Å². The summed E-state index contributed by atoms with van der Waals surface area (Å²) in [6, 6.07) is 0.481. The van der Waals surface area contributed by atoms with Gasteiger partial charge >= 0.3 is 5.97 Å². The second-order valence-electron chi connectivity index (χ2n) is 5.61. The lowest BCUT2D eigenvalue weighted by Gasteiger charge is -2.21. The lowest BCUT2D eigenvalue weighted by molar-refractivity contribution is -0.155. The first-order valence-electron chi connectivity index (χ1n) is 6.19. The minimum Gasteiger partial charge on any atom is -0.460 e. The molecule has 0 amide bonds. The highest BCUT2D eigenvalue weighted by atomic mass is 19.2. The molecule has 0 bridgehead atoms. The van der Waals surface area contributed by atoms with Crippen LogP contribution in [-0.4, -0.2) is 17.6 Å². The molecule has 0 saturated carbocycles. The van der Waals surface area contributed by atoms with E-state index in [2.05, 4.69) is 0 Å². The molecule has 1 aromatic rings. The van der Waals surface area contributed by atoms with E-state index in [1.54, 1.807) is 20.8 Å². The second-order valence-corrected chi connectivity index (χ2v) is 5.61. The van der Waals surface area contributed by atoms with Gasteiger partial charge in [0.25, 0.3) is 0 Å².